The number of nitrogens with two attached hydrogens (primary N) is 1. The van der Waals surface area contributed by atoms with Crippen LogP contribution in [-0.4, -0.2) is 4.98 Å². The number of ether oxygens (including phenoxy) is 1. The number of aromatic nitrogens is 1. The van der Waals surface area contributed by atoms with Crippen molar-refractivity contribution in [2.45, 2.75) is 39.3 Å². The van der Waals surface area contributed by atoms with Crippen LogP contribution < -0.4 is 10.5 Å². The van der Waals surface area contributed by atoms with Gasteiger partial charge in [-0.25, -0.2) is 4.98 Å². The monoisotopic (exact) mass is 352 g/mol. The molecule has 3 nitrogen and oxygen atoms in total. The summed E-state index contributed by atoms with van der Waals surface area (Å²) < 4.78 is 6.13. The Hall–Kier alpha value is -2.17. The van der Waals surface area contributed by atoms with E-state index in [9.17, 15) is 0 Å². The van der Waals surface area contributed by atoms with Gasteiger partial charge in [0.1, 0.15) is 17.4 Å². The summed E-state index contributed by atoms with van der Waals surface area (Å²) in [5, 5.41) is 3.03. The maximum Gasteiger partial charge on any atom is 0.123 e. The minimum atomic E-state index is 0.429. The van der Waals surface area contributed by atoms with E-state index in [2.05, 4.69) is 54.5 Å². The molecule has 1 heterocycles. The Morgan fingerprint density at radius 2 is 1.96 bits per heavy atom. The van der Waals surface area contributed by atoms with Gasteiger partial charge in [0.05, 0.1) is 5.69 Å². The third-order valence-electron chi connectivity index (χ3n) is 4.41. The number of hydrogen-bond donors (Lipinski definition) is 1. The quantitative estimate of drug-likeness (QED) is 0.622. The zero-order valence-electron chi connectivity index (χ0n) is 14.7. The van der Waals surface area contributed by atoms with Crippen molar-refractivity contribution < 1.29 is 4.74 Å². The topological polar surface area (TPSA) is 48.1 Å². The molecule has 25 heavy (non-hydrogen) atoms. The SMILES string of the molecule is CCC(C)c1cc(-c2csc(CN)n2)ccc1OCc1ccccc1. The molecule has 2 aromatic carbocycles. The Kier molecular flexibility index (Phi) is 5.84. The molecule has 4 heteroatoms. The highest BCUT2D eigenvalue weighted by atomic mass is 32.1. The molecular formula is C21H24N2OS. The molecule has 3 aromatic rings. The van der Waals surface area contributed by atoms with Crippen LogP contribution in [0.25, 0.3) is 11.3 Å². The highest BCUT2D eigenvalue weighted by Crippen LogP contribution is 2.34. The fourth-order valence-corrected chi connectivity index (χ4v) is 3.40. The molecule has 0 bridgehead atoms. The second kappa shape index (κ2) is 8.28. The van der Waals surface area contributed by atoms with E-state index >= 15 is 0 Å². The van der Waals surface area contributed by atoms with Crippen molar-refractivity contribution >= 4 is 11.3 Å². The van der Waals surface area contributed by atoms with Crippen molar-refractivity contribution in [2.24, 2.45) is 5.73 Å². The fraction of sp³-hybridized carbons (Fsp3) is 0.286. The standard InChI is InChI=1S/C21H24N2OS/c1-3-15(2)18-11-17(19-14-25-21(12-22)23-19)9-10-20(18)24-13-16-7-5-4-6-8-16/h4-11,14-15H,3,12-13,22H2,1-2H3. The third-order valence-corrected chi connectivity index (χ3v) is 5.28. The van der Waals surface area contributed by atoms with Crippen molar-refractivity contribution in [1.29, 1.82) is 0 Å². The van der Waals surface area contributed by atoms with Gasteiger partial charge in [-0.05, 0) is 41.7 Å². The number of hydrogen-bond acceptors (Lipinski definition) is 4. The zero-order valence-corrected chi connectivity index (χ0v) is 15.6. The minimum Gasteiger partial charge on any atom is -0.489 e. The normalized spacial score (nSPS) is 12.1. The smallest absolute Gasteiger partial charge is 0.123 e. The molecule has 0 aliphatic rings. The third kappa shape index (κ3) is 4.27. The number of rotatable bonds is 7. The van der Waals surface area contributed by atoms with Gasteiger partial charge in [-0.3, -0.25) is 0 Å². The average molecular weight is 353 g/mol. The molecule has 0 aliphatic heterocycles. The second-order valence-corrected chi connectivity index (χ2v) is 7.11. The summed E-state index contributed by atoms with van der Waals surface area (Å²) in [6, 6.07) is 16.6. The van der Waals surface area contributed by atoms with Crippen LogP contribution in [0.5, 0.6) is 5.75 Å². The van der Waals surface area contributed by atoms with Gasteiger partial charge in [0.15, 0.2) is 0 Å². The molecule has 1 atom stereocenters. The molecule has 2 N–H and O–H groups in total. The fourth-order valence-electron chi connectivity index (χ4n) is 2.72. The van der Waals surface area contributed by atoms with E-state index in [4.69, 9.17) is 10.5 Å². The van der Waals surface area contributed by atoms with E-state index in [0.717, 1.165) is 28.4 Å². The van der Waals surface area contributed by atoms with E-state index in [-0.39, 0.29) is 0 Å². The molecule has 0 saturated heterocycles. The maximum absolute atomic E-state index is 6.13. The highest BCUT2D eigenvalue weighted by molar-refractivity contribution is 7.09. The summed E-state index contributed by atoms with van der Waals surface area (Å²) in [5.41, 5.74) is 10.2. The first-order valence-corrected chi connectivity index (χ1v) is 9.54. The largest absolute Gasteiger partial charge is 0.489 e. The second-order valence-electron chi connectivity index (χ2n) is 6.17. The summed E-state index contributed by atoms with van der Waals surface area (Å²) in [6.45, 7) is 5.51. The average Bonchev–Trinajstić information content (AvgIpc) is 3.15. The van der Waals surface area contributed by atoms with Crippen LogP contribution in [-0.2, 0) is 13.2 Å². The van der Waals surface area contributed by atoms with Crippen molar-refractivity contribution in [3.8, 4) is 17.0 Å². The van der Waals surface area contributed by atoms with Gasteiger partial charge in [0.2, 0.25) is 0 Å². The van der Waals surface area contributed by atoms with Crippen molar-refractivity contribution in [3.63, 3.8) is 0 Å². The van der Waals surface area contributed by atoms with Crippen LogP contribution in [0, 0.1) is 0 Å². The molecule has 0 saturated carbocycles. The van der Waals surface area contributed by atoms with Gasteiger partial charge < -0.3 is 10.5 Å². The van der Waals surface area contributed by atoms with Crippen LogP contribution >= 0.6 is 11.3 Å². The van der Waals surface area contributed by atoms with E-state index in [0.29, 0.717) is 19.1 Å². The zero-order chi connectivity index (χ0) is 17.6. The molecule has 0 spiro atoms. The van der Waals surface area contributed by atoms with E-state index in [1.807, 2.05) is 18.2 Å². The molecule has 0 fully saturated rings. The highest BCUT2D eigenvalue weighted by Gasteiger charge is 2.14. The minimum absolute atomic E-state index is 0.429. The molecule has 1 unspecified atom stereocenters. The van der Waals surface area contributed by atoms with Gasteiger partial charge >= 0.3 is 0 Å². The Bertz CT molecular complexity index is 814. The van der Waals surface area contributed by atoms with Crippen molar-refractivity contribution in [3.05, 3.63) is 70.0 Å². The van der Waals surface area contributed by atoms with Crippen LogP contribution in [0.3, 0.4) is 0 Å². The molecule has 1 aromatic heterocycles. The molecule has 0 radical (unpaired) electrons. The predicted octanol–water partition coefficient (Wildman–Crippen LogP) is 5.36. The van der Waals surface area contributed by atoms with E-state index in [1.54, 1.807) is 11.3 Å². The van der Waals surface area contributed by atoms with Crippen molar-refractivity contribution in [2.75, 3.05) is 0 Å². The van der Waals surface area contributed by atoms with Gasteiger partial charge in [-0.2, -0.15) is 0 Å². The van der Waals surface area contributed by atoms with Crippen LogP contribution in [0.4, 0.5) is 0 Å². The Balaban J connectivity index is 1.87. The molecule has 0 aliphatic carbocycles. The lowest BCUT2D eigenvalue weighted by atomic mass is 9.95. The Labute approximate surface area is 153 Å². The van der Waals surface area contributed by atoms with Crippen LogP contribution in [0.15, 0.2) is 53.9 Å². The Morgan fingerprint density at radius 3 is 2.64 bits per heavy atom. The summed E-state index contributed by atoms with van der Waals surface area (Å²) in [5.74, 6) is 1.38. The van der Waals surface area contributed by atoms with Crippen LogP contribution in [0.2, 0.25) is 0 Å². The van der Waals surface area contributed by atoms with Gasteiger partial charge in [-0.1, -0.05) is 44.2 Å². The molecule has 0 amide bonds. The first-order chi connectivity index (χ1) is 12.2. The van der Waals surface area contributed by atoms with Crippen molar-refractivity contribution in [1.82, 2.24) is 4.98 Å². The maximum atomic E-state index is 6.13. The summed E-state index contributed by atoms with van der Waals surface area (Å²) in [6.07, 6.45) is 1.07. The van der Waals surface area contributed by atoms with E-state index < -0.39 is 0 Å². The van der Waals surface area contributed by atoms with Crippen LogP contribution in [0.1, 0.15) is 42.3 Å². The number of benzene rings is 2. The number of thiazole rings is 1. The first kappa shape index (κ1) is 17.6. The predicted molar refractivity (Wildman–Crippen MR) is 105 cm³/mol. The number of nitrogens with zero attached hydrogens (tertiary/aromatic N) is 1. The van der Waals surface area contributed by atoms with Gasteiger partial charge in [-0.15, -0.1) is 11.3 Å². The van der Waals surface area contributed by atoms with Gasteiger partial charge in [0, 0.05) is 17.5 Å². The molecule has 130 valence electrons. The lowest BCUT2D eigenvalue weighted by Gasteiger charge is -2.17. The summed E-state index contributed by atoms with van der Waals surface area (Å²) >= 11 is 1.61. The van der Waals surface area contributed by atoms with Gasteiger partial charge in [0.25, 0.3) is 0 Å². The summed E-state index contributed by atoms with van der Waals surface area (Å²) in [4.78, 5) is 4.60. The molecular weight excluding hydrogens is 328 g/mol. The van der Waals surface area contributed by atoms with E-state index in [1.165, 1.54) is 11.1 Å². The lowest BCUT2D eigenvalue weighted by Crippen LogP contribution is -2.01. The lowest BCUT2D eigenvalue weighted by molar-refractivity contribution is 0.301. The first-order valence-electron chi connectivity index (χ1n) is 8.66. The Morgan fingerprint density at radius 1 is 1.16 bits per heavy atom. The summed E-state index contributed by atoms with van der Waals surface area (Å²) in [7, 11) is 0. The molecule has 3 rings (SSSR count).